The third kappa shape index (κ3) is 4.35. The van der Waals surface area contributed by atoms with E-state index in [0.717, 1.165) is 11.1 Å². The van der Waals surface area contributed by atoms with Gasteiger partial charge in [-0.1, -0.05) is 116 Å². The van der Waals surface area contributed by atoms with Crippen LogP contribution in [0.3, 0.4) is 0 Å². The summed E-state index contributed by atoms with van der Waals surface area (Å²) in [5.74, 6) is 0. The highest BCUT2D eigenvalue weighted by molar-refractivity contribution is 8.14. The van der Waals surface area contributed by atoms with Crippen LogP contribution in [0.15, 0.2) is 94.7 Å². The summed E-state index contributed by atoms with van der Waals surface area (Å²) in [5.41, 5.74) is 16.2. The van der Waals surface area contributed by atoms with Crippen LogP contribution in [-0.2, 0) is 5.41 Å². The summed E-state index contributed by atoms with van der Waals surface area (Å²) < 4.78 is 0. The van der Waals surface area contributed by atoms with Crippen LogP contribution in [-0.4, -0.2) is 5.04 Å². The van der Waals surface area contributed by atoms with Gasteiger partial charge in [-0.25, -0.2) is 0 Å². The van der Waals surface area contributed by atoms with Crippen molar-refractivity contribution in [3.05, 3.63) is 118 Å². The highest BCUT2D eigenvalue weighted by atomic mass is 32.2. The first-order valence-electron chi connectivity index (χ1n) is 11.9. The number of nitrogens with one attached hydrogen (secondary N) is 1. The first-order chi connectivity index (χ1) is 16.8. The zero-order chi connectivity index (χ0) is 24.7. The van der Waals surface area contributed by atoms with E-state index in [0.29, 0.717) is 5.04 Å². The van der Waals surface area contributed by atoms with E-state index in [2.05, 4.69) is 82.3 Å². The number of nitrogens with two attached hydrogens (primary N) is 1. The molecular weight excluding hydrogens is 464 g/mol. The molecule has 0 saturated carbocycles. The molecular formula is C31H30N2S2. The maximum Gasteiger partial charge on any atom is 0.0961 e. The predicted octanol–water partition coefficient (Wildman–Crippen LogP) is 8.48. The van der Waals surface area contributed by atoms with E-state index in [-0.39, 0.29) is 10.8 Å². The molecule has 176 valence electrons. The topological polar surface area (TPSA) is 49.9 Å². The van der Waals surface area contributed by atoms with Gasteiger partial charge < -0.3 is 5.73 Å². The molecule has 35 heavy (non-hydrogen) atoms. The molecule has 0 aliphatic carbocycles. The van der Waals surface area contributed by atoms with Crippen molar-refractivity contribution in [3.8, 4) is 11.1 Å². The summed E-state index contributed by atoms with van der Waals surface area (Å²) in [6.07, 6.45) is 0. The molecule has 0 fully saturated rings. The zero-order valence-electron chi connectivity index (χ0n) is 20.6. The van der Waals surface area contributed by atoms with Gasteiger partial charge in [0.1, 0.15) is 0 Å². The van der Waals surface area contributed by atoms with Crippen molar-refractivity contribution in [2.45, 2.75) is 48.3 Å². The zero-order valence-corrected chi connectivity index (χ0v) is 22.2. The summed E-state index contributed by atoms with van der Waals surface area (Å²) >= 11 is 3.29. The van der Waals surface area contributed by atoms with Crippen molar-refractivity contribution < 1.29 is 0 Å². The number of benzene rings is 4. The summed E-state index contributed by atoms with van der Waals surface area (Å²) in [6, 6.07) is 29.8. The molecule has 0 spiro atoms. The van der Waals surface area contributed by atoms with E-state index < -0.39 is 0 Å². The second-order valence-electron chi connectivity index (χ2n) is 9.66. The van der Waals surface area contributed by atoms with Crippen LogP contribution >= 0.6 is 23.5 Å². The second-order valence-corrected chi connectivity index (χ2v) is 11.9. The third-order valence-corrected chi connectivity index (χ3v) is 9.11. The Morgan fingerprint density at radius 3 is 2.20 bits per heavy atom. The molecule has 0 saturated heterocycles. The Kier molecular flexibility index (Phi) is 6.39. The Morgan fingerprint density at radius 1 is 0.857 bits per heavy atom. The molecule has 1 atom stereocenters. The van der Waals surface area contributed by atoms with Crippen molar-refractivity contribution in [2.75, 3.05) is 0 Å². The summed E-state index contributed by atoms with van der Waals surface area (Å²) in [7, 11) is 0. The lowest BCUT2D eigenvalue weighted by atomic mass is 9.76. The molecule has 1 aliphatic heterocycles. The number of thioether (sulfide) groups is 1. The van der Waals surface area contributed by atoms with Crippen LogP contribution in [0.1, 0.15) is 52.6 Å². The fourth-order valence-electron chi connectivity index (χ4n) is 5.12. The molecule has 0 radical (unpaired) electrons. The highest BCUT2D eigenvalue weighted by Crippen LogP contribution is 2.52. The first kappa shape index (κ1) is 23.9. The van der Waals surface area contributed by atoms with Gasteiger partial charge in [0.2, 0.25) is 0 Å². The molecule has 5 rings (SSSR count). The fourth-order valence-corrected chi connectivity index (χ4v) is 7.66. The van der Waals surface area contributed by atoms with Crippen LogP contribution in [0.5, 0.6) is 0 Å². The predicted molar refractivity (Wildman–Crippen MR) is 152 cm³/mol. The lowest BCUT2D eigenvalue weighted by molar-refractivity contribution is 0.608. The maximum absolute atomic E-state index is 8.51. The van der Waals surface area contributed by atoms with E-state index in [9.17, 15) is 0 Å². The Balaban J connectivity index is 1.51. The average Bonchev–Trinajstić information content (AvgIpc) is 2.84. The van der Waals surface area contributed by atoms with E-state index >= 15 is 0 Å². The van der Waals surface area contributed by atoms with Crippen molar-refractivity contribution in [2.24, 2.45) is 5.73 Å². The number of aryl methyl sites for hydroxylation is 2. The van der Waals surface area contributed by atoms with E-state index in [4.69, 9.17) is 11.1 Å². The minimum Gasteiger partial charge on any atom is -0.315 e. The Bertz CT molecular complexity index is 1400. The quantitative estimate of drug-likeness (QED) is 0.170. The van der Waals surface area contributed by atoms with Crippen LogP contribution in [0.2, 0.25) is 0 Å². The third-order valence-electron chi connectivity index (χ3n) is 6.93. The molecule has 0 aromatic heterocycles. The first-order valence-corrected chi connectivity index (χ1v) is 13.6. The largest absolute Gasteiger partial charge is 0.315 e. The van der Waals surface area contributed by atoms with Gasteiger partial charge in [0.15, 0.2) is 0 Å². The second kappa shape index (κ2) is 9.34. The molecule has 2 nitrogen and oxygen atoms in total. The SMILES string of the molecule is Cc1cc(-c2cccc3c2Sc2ccccc2C3(C)C)cc(C)c1C(N)SC(=N)c1ccccc1. The normalized spacial score (nSPS) is 14.7. The van der Waals surface area contributed by atoms with Crippen LogP contribution in [0.25, 0.3) is 11.1 Å². The van der Waals surface area contributed by atoms with Gasteiger partial charge in [0, 0.05) is 20.8 Å². The minimum absolute atomic E-state index is 0.0476. The number of hydrogen-bond donors (Lipinski definition) is 2. The summed E-state index contributed by atoms with van der Waals surface area (Å²) in [5, 5.41) is 8.71. The van der Waals surface area contributed by atoms with Crippen LogP contribution in [0, 0.1) is 19.3 Å². The Hall–Kier alpha value is -2.79. The summed E-state index contributed by atoms with van der Waals surface area (Å²) in [6.45, 7) is 8.93. The Morgan fingerprint density at radius 2 is 1.49 bits per heavy atom. The van der Waals surface area contributed by atoms with Gasteiger partial charge in [0.05, 0.1) is 10.4 Å². The molecule has 0 bridgehead atoms. The monoisotopic (exact) mass is 494 g/mol. The highest BCUT2D eigenvalue weighted by Gasteiger charge is 2.34. The van der Waals surface area contributed by atoms with Crippen molar-refractivity contribution in [1.29, 1.82) is 5.41 Å². The fraction of sp³-hybridized carbons (Fsp3) is 0.194. The van der Waals surface area contributed by atoms with Crippen molar-refractivity contribution in [1.82, 2.24) is 0 Å². The average molecular weight is 495 g/mol. The molecule has 4 heteroatoms. The number of rotatable bonds is 4. The van der Waals surface area contributed by atoms with Crippen LogP contribution in [0.4, 0.5) is 0 Å². The Labute approximate surface area is 216 Å². The molecule has 1 unspecified atom stereocenters. The molecule has 4 aromatic carbocycles. The van der Waals surface area contributed by atoms with Gasteiger partial charge in [-0.2, -0.15) is 0 Å². The van der Waals surface area contributed by atoms with E-state index in [1.807, 2.05) is 42.1 Å². The van der Waals surface area contributed by atoms with Crippen molar-refractivity contribution >= 4 is 28.6 Å². The lowest BCUT2D eigenvalue weighted by Gasteiger charge is -2.35. The van der Waals surface area contributed by atoms with Crippen molar-refractivity contribution in [3.63, 3.8) is 0 Å². The van der Waals surface area contributed by atoms with Gasteiger partial charge in [-0.3, -0.25) is 5.41 Å². The smallest absolute Gasteiger partial charge is 0.0961 e. The van der Waals surface area contributed by atoms with Gasteiger partial charge in [0.25, 0.3) is 0 Å². The van der Waals surface area contributed by atoms with Crippen LogP contribution < -0.4 is 5.73 Å². The van der Waals surface area contributed by atoms with E-state index in [1.54, 1.807) is 0 Å². The van der Waals surface area contributed by atoms with Gasteiger partial charge >= 0.3 is 0 Å². The maximum atomic E-state index is 8.51. The standard InChI is InChI=1S/C31H30N2S2/c1-19-17-22(18-20(2)27(19)30(33)35-29(32)21-11-6-5-7-12-21)23-13-10-15-25-28(23)34-26-16-9-8-14-24(26)31(25,3)4/h5-18,30,32H,33H2,1-4H3. The summed E-state index contributed by atoms with van der Waals surface area (Å²) in [4.78, 5) is 2.67. The molecule has 4 aromatic rings. The molecule has 1 aliphatic rings. The lowest BCUT2D eigenvalue weighted by Crippen LogP contribution is -2.23. The van der Waals surface area contributed by atoms with Gasteiger partial charge in [-0.05, 0) is 58.9 Å². The minimum atomic E-state index is -0.290. The number of hydrogen-bond acceptors (Lipinski definition) is 4. The molecule has 0 amide bonds. The number of fused-ring (bicyclic) bond motifs is 2. The van der Waals surface area contributed by atoms with E-state index in [1.165, 1.54) is 54.9 Å². The molecule has 1 heterocycles. The molecule has 3 N–H and O–H groups in total. The van der Waals surface area contributed by atoms with Gasteiger partial charge in [-0.15, -0.1) is 0 Å².